The SMILES string of the molecule is O=C(O)[C@@H]1CCC(=O)N(CCc2cccs2)[C@H]1c1cccnc1. The molecule has 0 unspecified atom stereocenters. The number of hydrogen-bond acceptors (Lipinski definition) is 4. The number of carbonyl (C=O) groups is 2. The minimum Gasteiger partial charge on any atom is -0.481 e. The number of aliphatic carboxylic acids is 1. The second-order valence-corrected chi connectivity index (χ2v) is 6.66. The molecule has 1 fully saturated rings. The predicted octanol–water partition coefficient (Wildman–Crippen LogP) is 2.75. The second kappa shape index (κ2) is 6.91. The molecular formula is C17H18N2O3S. The lowest BCUT2D eigenvalue weighted by Gasteiger charge is -2.39. The van der Waals surface area contributed by atoms with Crippen molar-refractivity contribution in [1.82, 2.24) is 9.88 Å². The Morgan fingerprint density at radius 1 is 1.39 bits per heavy atom. The summed E-state index contributed by atoms with van der Waals surface area (Å²) in [6, 6.07) is 7.21. The van der Waals surface area contributed by atoms with Crippen LogP contribution in [0, 0.1) is 5.92 Å². The third-order valence-electron chi connectivity index (χ3n) is 4.23. The Morgan fingerprint density at radius 3 is 2.91 bits per heavy atom. The molecular weight excluding hydrogens is 312 g/mol. The summed E-state index contributed by atoms with van der Waals surface area (Å²) in [4.78, 5) is 31.1. The fourth-order valence-corrected chi connectivity index (χ4v) is 3.82. The van der Waals surface area contributed by atoms with Crippen LogP contribution in [0.4, 0.5) is 0 Å². The van der Waals surface area contributed by atoms with E-state index < -0.39 is 17.9 Å². The molecule has 3 rings (SSSR count). The summed E-state index contributed by atoms with van der Waals surface area (Å²) in [6.45, 7) is 0.530. The number of rotatable bonds is 5. The molecule has 6 heteroatoms. The zero-order valence-electron chi connectivity index (χ0n) is 12.6. The number of hydrogen-bond donors (Lipinski definition) is 1. The number of carboxylic acid groups (broad SMARTS) is 1. The highest BCUT2D eigenvalue weighted by atomic mass is 32.1. The fraction of sp³-hybridized carbons (Fsp3) is 0.353. The molecule has 0 aromatic carbocycles. The third kappa shape index (κ3) is 3.42. The zero-order chi connectivity index (χ0) is 16.2. The van der Waals surface area contributed by atoms with Gasteiger partial charge in [-0.2, -0.15) is 0 Å². The van der Waals surface area contributed by atoms with E-state index in [1.165, 1.54) is 4.88 Å². The lowest BCUT2D eigenvalue weighted by atomic mass is 9.84. The largest absolute Gasteiger partial charge is 0.481 e. The van der Waals surface area contributed by atoms with E-state index in [4.69, 9.17) is 0 Å². The van der Waals surface area contributed by atoms with Gasteiger partial charge in [0.15, 0.2) is 0 Å². The highest BCUT2D eigenvalue weighted by Crippen LogP contribution is 2.36. The molecule has 0 aliphatic carbocycles. The molecule has 2 atom stereocenters. The molecule has 1 amide bonds. The van der Waals surface area contributed by atoms with Crippen molar-refractivity contribution in [2.24, 2.45) is 5.92 Å². The average molecular weight is 330 g/mol. The van der Waals surface area contributed by atoms with E-state index in [9.17, 15) is 14.7 Å². The van der Waals surface area contributed by atoms with Gasteiger partial charge in [-0.15, -0.1) is 11.3 Å². The van der Waals surface area contributed by atoms with Gasteiger partial charge in [0.1, 0.15) is 0 Å². The molecule has 2 aromatic rings. The van der Waals surface area contributed by atoms with Gasteiger partial charge < -0.3 is 10.0 Å². The molecule has 1 saturated heterocycles. The maximum Gasteiger partial charge on any atom is 0.308 e. The first-order chi connectivity index (χ1) is 11.2. The summed E-state index contributed by atoms with van der Waals surface area (Å²) in [5.74, 6) is -1.42. The topological polar surface area (TPSA) is 70.5 Å². The van der Waals surface area contributed by atoms with Gasteiger partial charge in [0.05, 0.1) is 12.0 Å². The van der Waals surface area contributed by atoms with E-state index in [0.717, 1.165) is 12.0 Å². The normalized spacial score (nSPS) is 21.4. The molecule has 23 heavy (non-hydrogen) atoms. The molecule has 120 valence electrons. The van der Waals surface area contributed by atoms with Crippen molar-refractivity contribution in [3.8, 4) is 0 Å². The van der Waals surface area contributed by atoms with Crippen LogP contribution in [0.5, 0.6) is 0 Å². The highest BCUT2D eigenvalue weighted by Gasteiger charge is 2.40. The van der Waals surface area contributed by atoms with Crippen LogP contribution in [0.3, 0.4) is 0 Å². The molecule has 1 N–H and O–H groups in total. The second-order valence-electron chi connectivity index (χ2n) is 5.63. The van der Waals surface area contributed by atoms with Crippen molar-refractivity contribution in [3.63, 3.8) is 0 Å². The van der Waals surface area contributed by atoms with Gasteiger partial charge in [-0.1, -0.05) is 12.1 Å². The first kappa shape index (κ1) is 15.7. The number of thiophene rings is 1. The van der Waals surface area contributed by atoms with Gasteiger partial charge in [-0.25, -0.2) is 0 Å². The van der Waals surface area contributed by atoms with Gasteiger partial charge >= 0.3 is 5.97 Å². The zero-order valence-corrected chi connectivity index (χ0v) is 13.4. The van der Waals surface area contributed by atoms with E-state index in [1.54, 1.807) is 34.7 Å². The first-order valence-corrected chi connectivity index (χ1v) is 8.49. The van der Waals surface area contributed by atoms with Crippen LogP contribution in [0.25, 0.3) is 0 Å². The minimum atomic E-state index is -0.854. The molecule has 2 aromatic heterocycles. The number of amides is 1. The maximum atomic E-state index is 12.4. The minimum absolute atomic E-state index is 0.0212. The van der Waals surface area contributed by atoms with Crippen molar-refractivity contribution in [2.75, 3.05) is 6.54 Å². The van der Waals surface area contributed by atoms with Crippen LogP contribution < -0.4 is 0 Å². The van der Waals surface area contributed by atoms with Crippen molar-refractivity contribution in [3.05, 3.63) is 52.5 Å². The Morgan fingerprint density at radius 2 is 2.26 bits per heavy atom. The summed E-state index contributed by atoms with van der Waals surface area (Å²) in [5.41, 5.74) is 0.791. The molecule has 1 aliphatic rings. The summed E-state index contributed by atoms with van der Waals surface area (Å²) in [5, 5.41) is 11.6. The number of carbonyl (C=O) groups excluding carboxylic acids is 1. The summed E-state index contributed by atoms with van der Waals surface area (Å²) >= 11 is 1.65. The maximum absolute atomic E-state index is 12.4. The Kier molecular flexibility index (Phi) is 4.71. The number of carboxylic acids is 1. The molecule has 3 heterocycles. The van der Waals surface area contributed by atoms with Gasteiger partial charge in [-0.3, -0.25) is 14.6 Å². The van der Waals surface area contributed by atoms with Gasteiger partial charge in [0, 0.05) is 30.2 Å². The lowest BCUT2D eigenvalue weighted by molar-refractivity contribution is -0.152. The molecule has 0 saturated carbocycles. The first-order valence-electron chi connectivity index (χ1n) is 7.61. The summed E-state index contributed by atoms with van der Waals surface area (Å²) in [7, 11) is 0. The van der Waals surface area contributed by atoms with Crippen molar-refractivity contribution >= 4 is 23.2 Å². The number of likely N-dealkylation sites (tertiary alicyclic amines) is 1. The third-order valence-corrected chi connectivity index (χ3v) is 5.16. The molecule has 0 spiro atoms. The highest BCUT2D eigenvalue weighted by molar-refractivity contribution is 7.09. The van der Waals surface area contributed by atoms with E-state index >= 15 is 0 Å². The number of nitrogens with zero attached hydrogens (tertiary/aromatic N) is 2. The van der Waals surface area contributed by atoms with Crippen LogP contribution in [0.2, 0.25) is 0 Å². The monoisotopic (exact) mass is 330 g/mol. The van der Waals surface area contributed by atoms with Crippen LogP contribution in [-0.4, -0.2) is 33.4 Å². The van der Waals surface area contributed by atoms with Gasteiger partial charge in [0.2, 0.25) is 5.91 Å². The van der Waals surface area contributed by atoms with Crippen LogP contribution in [-0.2, 0) is 16.0 Å². The Labute approximate surface area is 138 Å². The number of pyridine rings is 1. The van der Waals surface area contributed by atoms with E-state index in [2.05, 4.69) is 4.98 Å². The van der Waals surface area contributed by atoms with Crippen LogP contribution in [0.1, 0.15) is 29.3 Å². The van der Waals surface area contributed by atoms with Crippen molar-refractivity contribution in [1.29, 1.82) is 0 Å². The fourth-order valence-electron chi connectivity index (χ4n) is 3.12. The summed E-state index contributed by atoms with van der Waals surface area (Å²) in [6.07, 6.45) is 4.73. The molecule has 0 radical (unpaired) electrons. The Balaban J connectivity index is 1.87. The van der Waals surface area contributed by atoms with Crippen molar-refractivity contribution < 1.29 is 14.7 Å². The lowest BCUT2D eigenvalue weighted by Crippen LogP contribution is -2.46. The summed E-state index contributed by atoms with van der Waals surface area (Å²) < 4.78 is 0. The average Bonchev–Trinajstić information content (AvgIpc) is 3.07. The standard InChI is InChI=1S/C17H18N2O3S/c20-15-6-5-14(17(21)22)16(12-3-1-8-18-11-12)19(15)9-7-13-4-2-10-23-13/h1-4,8,10-11,14,16H,5-7,9H2,(H,21,22)/t14-,16+/m1/s1. The Bertz CT molecular complexity index is 672. The molecule has 0 bridgehead atoms. The molecule has 1 aliphatic heterocycles. The van der Waals surface area contributed by atoms with E-state index in [1.807, 2.05) is 23.6 Å². The van der Waals surface area contributed by atoms with E-state index in [-0.39, 0.29) is 12.3 Å². The van der Waals surface area contributed by atoms with Gasteiger partial charge in [-0.05, 0) is 35.9 Å². The molecule has 5 nitrogen and oxygen atoms in total. The van der Waals surface area contributed by atoms with Crippen LogP contribution in [0.15, 0.2) is 42.0 Å². The van der Waals surface area contributed by atoms with Crippen LogP contribution >= 0.6 is 11.3 Å². The Hall–Kier alpha value is -2.21. The smallest absolute Gasteiger partial charge is 0.308 e. The van der Waals surface area contributed by atoms with E-state index in [0.29, 0.717) is 13.0 Å². The predicted molar refractivity (Wildman–Crippen MR) is 87.1 cm³/mol. The number of aromatic nitrogens is 1. The quantitative estimate of drug-likeness (QED) is 0.915. The number of piperidine rings is 1. The van der Waals surface area contributed by atoms with Crippen molar-refractivity contribution in [2.45, 2.75) is 25.3 Å². The van der Waals surface area contributed by atoms with Gasteiger partial charge in [0.25, 0.3) is 0 Å².